The van der Waals surface area contributed by atoms with Crippen molar-refractivity contribution in [3.8, 4) is 0 Å². The molecule has 1 fully saturated rings. The summed E-state index contributed by atoms with van der Waals surface area (Å²) in [6, 6.07) is -1.27. The Bertz CT molecular complexity index is 666. The quantitative estimate of drug-likeness (QED) is 0.261. The lowest BCUT2D eigenvalue weighted by atomic mass is 9.97. The highest BCUT2D eigenvalue weighted by atomic mass is 32.7. The normalized spacial score (nSPS) is 27.4. The van der Waals surface area contributed by atoms with Gasteiger partial charge < -0.3 is 34.1 Å². The fraction of sp³-hybridized carbons (Fsp3) is 0.714. The van der Waals surface area contributed by atoms with Crippen molar-refractivity contribution in [2.24, 2.45) is 0 Å². The molecule has 0 aromatic rings. The third-order valence-corrected chi connectivity index (χ3v) is 5.65. The molecule has 3 unspecified atom stereocenters. The van der Waals surface area contributed by atoms with Crippen LogP contribution in [0.25, 0.3) is 0 Å². The van der Waals surface area contributed by atoms with Crippen molar-refractivity contribution >= 4 is 42.0 Å². The topological polar surface area (TPSA) is 175 Å². The molecule has 0 saturated carbocycles. The first-order valence-corrected chi connectivity index (χ1v) is 11.0. The summed E-state index contributed by atoms with van der Waals surface area (Å²) in [5.41, 5.74) is -1.40. The first-order valence-electron chi connectivity index (χ1n) is 7.94. The van der Waals surface area contributed by atoms with Gasteiger partial charge in [-0.1, -0.05) is 0 Å². The number of esters is 3. The molecule has 1 aliphatic heterocycles. The standard InChI is InChI=1S/C14H22NO11PS/c1-6(16)15-11-13(25-9(4)19)12(24-8(3)18)10(5-23-7(2)17)26-14(11)28-27(20,21)22/h10-14H,5H2,1-4H3,(H,15,16)(H2,20,21,22)/t10?,11?,12-,13?,14-/m1/s1. The van der Waals surface area contributed by atoms with E-state index in [1.54, 1.807) is 0 Å². The Kier molecular flexibility index (Phi) is 8.89. The van der Waals surface area contributed by atoms with Gasteiger partial charge in [0.25, 0.3) is 0 Å². The highest BCUT2D eigenvalue weighted by molar-refractivity contribution is 8.54. The molecule has 1 rings (SSSR count). The van der Waals surface area contributed by atoms with E-state index in [0.717, 1.165) is 27.7 Å². The van der Waals surface area contributed by atoms with Gasteiger partial charge in [-0.2, -0.15) is 0 Å². The van der Waals surface area contributed by atoms with Gasteiger partial charge in [-0.15, -0.1) is 0 Å². The third-order valence-electron chi connectivity index (χ3n) is 3.31. The third kappa shape index (κ3) is 8.15. The second-order valence-electron chi connectivity index (χ2n) is 5.82. The molecule has 1 amide bonds. The van der Waals surface area contributed by atoms with Gasteiger partial charge >= 0.3 is 24.7 Å². The Morgan fingerprint density at radius 1 is 1.00 bits per heavy atom. The maximum Gasteiger partial charge on any atom is 0.386 e. The number of rotatable bonds is 7. The van der Waals surface area contributed by atoms with Crippen LogP contribution in [0.15, 0.2) is 0 Å². The zero-order valence-electron chi connectivity index (χ0n) is 15.5. The van der Waals surface area contributed by atoms with Gasteiger partial charge in [0.1, 0.15) is 24.2 Å². The fourth-order valence-corrected chi connectivity index (χ4v) is 4.69. The monoisotopic (exact) mass is 443 g/mol. The predicted octanol–water partition coefficient (Wildman–Crippen LogP) is -0.532. The predicted molar refractivity (Wildman–Crippen MR) is 93.6 cm³/mol. The number of nitrogens with one attached hydrogen (secondary N) is 1. The lowest BCUT2D eigenvalue weighted by molar-refractivity contribution is -0.211. The molecule has 160 valence electrons. The summed E-state index contributed by atoms with van der Waals surface area (Å²) in [4.78, 5) is 64.4. The summed E-state index contributed by atoms with van der Waals surface area (Å²) in [5.74, 6) is -2.87. The van der Waals surface area contributed by atoms with Crippen molar-refractivity contribution in [1.82, 2.24) is 5.32 Å². The van der Waals surface area contributed by atoms with Gasteiger partial charge in [-0.05, 0) is 11.4 Å². The fourth-order valence-electron chi connectivity index (χ4n) is 2.52. The number of carbonyl (C=O) groups excluding carboxylic acids is 4. The molecule has 1 heterocycles. The minimum Gasteiger partial charge on any atom is -0.463 e. The molecule has 0 aliphatic carbocycles. The van der Waals surface area contributed by atoms with Crippen molar-refractivity contribution in [1.29, 1.82) is 0 Å². The Hall–Kier alpha value is -1.66. The number of amides is 1. The maximum atomic E-state index is 11.6. The summed E-state index contributed by atoms with van der Waals surface area (Å²) in [6.45, 7) is -0.749. The number of hydrogen-bond donors (Lipinski definition) is 3. The van der Waals surface area contributed by atoms with Crippen LogP contribution in [-0.4, -0.2) is 70.0 Å². The van der Waals surface area contributed by atoms with E-state index in [4.69, 9.17) is 18.9 Å². The van der Waals surface area contributed by atoms with E-state index in [-0.39, 0.29) is 11.4 Å². The average molecular weight is 443 g/mol. The molecule has 5 atom stereocenters. The zero-order chi connectivity index (χ0) is 21.6. The second kappa shape index (κ2) is 10.2. The van der Waals surface area contributed by atoms with Crippen molar-refractivity contribution in [2.45, 2.75) is 57.5 Å². The van der Waals surface area contributed by atoms with Gasteiger partial charge in [0, 0.05) is 27.7 Å². The molecule has 28 heavy (non-hydrogen) atoms. The Balaban J connectivity index is 3.34. The molecule has 0 spiro atoms. The van der Waals surface area contributed by atoms with Gasteiger partial charge in [0.05, 0.1) is 0 Å². The smallest absolute Gasteiger partial charge is 0.386 e. The molecule has 0 aromatic heterocycles. The largest absolute Gasteiger partial charge is 0.463 e. The van der Waals surface area contributed by atoms with Gasteiger partial charge in [0.15, 0.2) is 12.2 Å². The molecule has 12 nitrogen and oxygen atoms in total. The van der Waals surface area contributed by atoms with Crippen LogP contribution in [0.3, 0.4) is 0 Å². The minimum absolute atomic E-state index is 0.0750. The van der Waals surface area contributed by atoms with Crippen LogP contribution in [0.5, 0.6) is 0 Å². The second-order valence-corrected chi connectivity index (χ2v) is 9.53. The van der Waals surface area contributed by atoms with Crippen LogP contribution < -0.4 is 5.32 Å². The Morgan fingerprint density at radius 3 is 1.96 bits per heavy atom. The molecule has 14 heteroatoms. The van der Waals surface area contributed by atoms with Crippen LogP contribution in [0.1, 0.15) is 27.7 Å². The molecular formula is C14H22NO11PS. The maximum absolute atomic E-state index is 11.6. The summed E-state index contributed by atoms with van der Waals surface area (Å²) in [7, 11) is 0. The lowest BCUT2D eigenvalue weighted by Crippen LogP contribution is -2.65. The zero-order valence-corrected chi connectivity index (χ0v) is 17.2. The number of carbonyl (C=O) groups is 4. The molecule has 0 aromatic carbocycles. The van der Waals surface area contributed by atoms with E-state index in [9.17, 15) is 33.5 Å². The van der Waals surface area contributed by atoms with Gasteiger partial charge in [-0.25, -0.2) is 4.57 Å². The first-order chi connectivity index (χ1) is 12.8. The van der Waals surface area contributed by atoms with Crippen molar-refractivity contribution in [2.75, 3.05) is 6.61 Å². The summed E-state index contributed by atoms with van der Waals surface area (Å²) in [5, 5.41) is 2.39. The van der Waals surface area contributed by atoms with Crippen molar-refractivity contribution in [3.63, 3.8) is 0 Å². The van der Waals surface area contributed by atoms with Gasteiger partial charge in [0.2, 0.25) is 5.91 Å². The van der Waals surface area contributed by atoms with E-state index >= 15 is 0 Å². The van der Waals surface area contributed by atoms with E-state index < -0.39 is 67.0 Å². The van der Waals surface area contributed by atoms with Crippen LogP contribution in [0, 0.1) is 0 Å². The summed E-state index contributed by atoms with van der Waals surface area (Å²) >= 11 is 0.0750. The van der Waals surface area contributed by atoms with E-state index in [1.807, 2.05) is 0 Å². The van der Waals surface area contributed by atoms with E-state index in [2.05, 4.69) is 5.32 Å². The summed E-state index contributed by atoms with van der Waals surface area (Å²) < 4.78 is 32.2. The SMILES string of the molecule is CC(=O)NC1C(OC(C)=O)[C@H](OC(C)=O)C(COC(C)=O)O[C@@H]1SP(=O)(O)O. The molecule has 3 N–H and O–H groups in total. The highest BCUT2D eigenvalue weighted by Crippen LogP contribution is 2.55. The first kappa shape index (κ1) is 24.4. The summed E-state index contributed by atoms with van der Waals surface area (Å²) in [6.07, 6.45) is -3.89. The average Bonchev–Trinajstić information content (AvgIpc) is 2.48. The minimum atomic E-state index is -4.70. The number of ether oxygens (including phenoxy) is 4. The van der Waals surface area contributed by atoms with Crippen LogP contribution in [0.2, 0.25) is 0 Å². The van der Waals surface area contributed by atoms with Crippen molar-refractivity contribution < 1.29 is 52.5 Å². The molecule has 0 bridgehead atoms. The molecule has 1 aliphatic rings. The lowest BCUT2D eigenvalue weighted by Gasteiger charge is -2.44. The molecular weight excluding hydrogens is 421 g/mol. The number of hydrogen-bond acceptors (Lipinski definition) is 10. The molecule has 0 radical (unpaired) electrons. The Labute approximate surface area is 164 Å². The van der Waals surface area contributed by atoms with E-state index in [1.165, 1.54) is 0 Å². The van der Waals surface area contributed by atoms with Crippen LogP contribution >= 0.6 is 18.2 Å². The van der Waals surface area contributed by atoms with Gasteiger partial charge in [-0.3, -0.25) is 19.2 Å². The van der Waals surface area contributed by atoms with Crippen molar-refractivity contribution in [3.05, 3.63) is 0 Å². The van der Waals surface area contributed by atoms with E-state index in [0.29, 0.717) is 0 Å². The Morgan fingerprint density at radius 2 is 1.54 bits per heavy atom. The molecule has 1 saturated heterocycles. The van der Waals surface area contributed by atoms with Crippen LogP contribution in [-0.2, 0) is 42.7 Å². The van der Waals surface area contributed by atoms with Crippen LogP contribution in [0.4, 0.5) is 0 Å². The highest BCUT2D eigenvalue weighted by Gasteiger charge is 2.52.